The van der Waals surface area contributed by atoms with Crippen molar-refractivity contribution >= 4 is 22.5 Å². The van der Waals surface area contributed by atoms with Crippen LogP contribution in [0.15, 0.2) is 60.6 Å². The van der Waals surface area contributed by atoms with E-state index in [9.17, 15) is 5.11 Å². The maximum Gasteiger partial charge on any atom is 0.156 e. The minimum absolute atomic E-state index is 0.121. The predicted molar refractivity (Wildman–Crippen MR) is 110 cm³/mol. The zero-order valence-corrected chi connectivity index (χ0v) is 16.0. The van der Waals surface area contributed by atoms with E-state index in [2.05, 4.69) is 19.9 Å². The van der Waals surface area contributed by atoms with Crippen molar-refractivity contribution in [3.05, 3.63) is 72.0 Å². The van der Waals surface area contributed by atoms with Crippen molar-refractivity contribution < 1.29 is 6.48 Å². The Kier molecular flexibility index (Phi) is 3.25. The van der Waals surface area contributed by atoms with Gasteiger partial charge in [-0.1, -0.05) is 18.2 Å². The van der Waals surface area contributed by atoms with Crippen LogP contribution < -0.4 is 0 Å². The lowest BCUT2D eigenvalue weighted by Crippen LogP contribution is -2.25. The van der Waals surface area contributed by atoms with Crippen molar-refractivity contribution in [1.29, 1.82) is 0 Å². The highest BCUT2D eigenvalue weighted by atomic mass is 32.1. The first-order valence-electron chi connectivity index (χ1n) is 9.73. The van der Waals surface area contributed by atoms with Gasteiger partial charge in [-0.25, -0.2) is 15.0 Å². The average molecular weight is 401 g/mol. The van der Waals surface area contributed by atoms with Gasteiger partial charge in [0.05, 0.1) is 12.6 Å². The summed E-state index contributed by atoms with van der Waals surface area (Å²) in [6, 6.07) is 7.85. The summed E-state index contributed by atoms with van der Waals surface area (Å²) in [6.07, 6.45) is 7.59. The monoisotopic (exact) mass is 401 g/mol. The number of hydrogen-bond donors (Lipinski definition) is 2. The highest BCUT2D eigenvalue weighted by Crippen LogP contribution is 2.39. The molecule has 0 amide bonds. The summed E-state index contributed by atoms with van der Waals surface area (Å²) in [5, 5.41) is 14.1. The van der Waals surface area contributed by atoms with Gasteiger partial charge in [0, 0.05) is 54.9 Å². The summed E-state index contributed by atoms with van der Waals surface area (Å²) >= 11 is 1.51. The molecule has 1 aliphatic heterocycles. The average Bonchev–Trinajstić information content (AvgIpc) is 3.53. The standard InChI is InChI=1S/C21H16N6OS/c28-21(4-8-27-9-7-24-20(21)27)14-3-1-2-13(10-14)16-12-29-19(26-16)15-11-25-18-17(15)22-5-6-23-18/h1-3,5-7,9-12,28H,4,8H2,(H,23,25)/t21-/m1/s1/i5D. The van der Waals surface area contributed by atoms with Crippen molar-refractivity contribution in [2.75, 3.05) is 0 Å². The summed E-state index contributed by atoms with van der Waals surface area (Å²) in [5.74, 6) is 0.683. The Morgan fingerprint density at radius 2 is 2.21 bits per heavy atom. The van der Waals surface area contributed by atoms with Gasteiger partial charge in [-0.15, -0.1) is 11.3 Å². The molecule has 0 fully saturated rings. The molecule has 0 unspecified atom stereocenters. The van der Waals surface area contributed by atoms with Gasteiger partial charge in [0.2, 0.25) is 0 Å². The SMILES string of the molecule is [2H]c1cnc2[nH]cc(-c3nc(-c4cccc([C@]5(O)CCn6ccnc65)c4)cs3)c2n1. The second kappa shape index (κ2) is 6.07. The number of nitrogens with one attached hydrogen (secondary N) is 1. The van der Waals surface area contributed by atoms with E-state index >= 15 is 0 Å². The molecule has 1 aliphatic rings. The number of rotatable bonds is 3. The Morgan fingerprint density at radius 3 is 3.17 bits per heavy atom. The third kappa shape index (κ3) is 2.46. The summed E-state index contributed by atoms with van der Waals surface area (Å²) in [5.41, 5.74) is 3.59. The molecule has 5 heterocycles. The molecule has 0 saturated heterocycles. The molecule has 0 saturated carbocycles. The molecule has 7 nitrogen and oxygen atoms in total. The molecule has 5 aromatic rings. The van der Waals surface area contributed by atoms with E-state index in [1.807, 2.05) is 46.6 Å². The number of imidazole rings is 1. The maximum absolute atomic E-state index is 11.3. The minimum atomic E-state index is -1.09. The van der Waals surface area contributed by atoms with E-state index in [0.29, 0.717) is 23.4 Å². The number of nitrogens with zero attached hydrogens (tertiary/aromatic N) is 5. The number of aromatic amines is 1. The van der Waals surface area contributed by atoms with Crippen LogP contribution in [0, 0.1) is 0 Å². The van der Waals surface area contributed by atoms with Gasteiger partial charge in [0.25, 0.3) is 0 Å². The van der Waals surface area contributed by atoms with E-state index in [1.54, 1.807) is 6.20 Å². The van der Waals surface area contributed by atoms with E-state index in [-0.39, 0.29) is 6.17 Å². The van der Waals surface area contributed by atoms with E-state index in [1.165, 1.54) is 17.5 Å². The fourth-order valence-corrected chi connectivity index (χ4v) is 4.80. The summed E-state index contributed by atoms with van der Waals surface area (Å²) in [7, 11) is 0. The normalized spacial score (nSPS) is 18.9. The molecule has 8 heteroatoms. The molecular weight excluding hydrogens is 384 g/mol. The quantitative estimate of drug-likeness (QED) is 0.482. The zero-order chi connectivity index (χ0) is 20.3. The predicted octanol–water partition coefficient (Wildman–Crippen LogP) is 3.58. The number of thiazole rings is 1. The van der Waals surface area contributed by atoms with Crippen LogP contribution in [0.2, 0.25) is 0 Å². The fourth-order valence-electron chi connectivity index (χ4n) is 3.95. The second-order valence-corrected chi connectivity index (χ2v) is 7.93. The fraction of sp³-hybridized carbons (Fsp3) is 0.143. The minimum Gasteiger partial charge on any atom is -0.377 e. The molecule has 142 valence electrons. The van der Waals surface area contributed by atoms with Crippen LogP contribution in [0.3, 0.4) is 0 Å². The van der Waals surface area contributed by atoms with Gasteiger partial charge >= 0.3 is 0 Å². The molecule has 6 rings (SSSR count). The third-order valence-electron chi connectivity index (χ3n) is 5.43. The van der Waals surface area contributed by atoms with Crippen LogP contribution in [-0.4, -0.2) is 34.6 Å². The van der Waals surface area contributed by atoms with E-state index in [0.717, 1.165) is 33.9 Å². The van der Waals surface area contributed by atoms with Gasteiger partial charge in [-0.3, -0.25) is 4.98 Å². The van der Waals surface area contributed by atoms with Crippen molar-refractivity contribution in [3.8, 4) is 21.8 Å². The second-order valence-electron chi connectivity index (χ2n) is 7.07. The number of aromatic nitrogens is 6. The van der Waals surface area contributed by atoms with Crippen molar-refractivity contribution in [1.82, 2.24) is 29.5 Å². The van der Waals surface area contributed by atoms with Crippen molar-refractivity contribution in [2.24, 2.45) is 0 Å². The topological polar surface area (TPSA) is 92.5 Å². The number of aryl methyl sites for hydroxylation is 1. The van der Waals surface area contributed by atoms with Crippen LogP contribution in [0.4, 0.5) is 0 Å². The summed E-state index contributed by atoms with van der Waals surface area (Å²) < 4.78 is 9.74. The number of hydrogen-bond acceptors (Lipinski definition) is 6. The molecule has 0 bridgehead atoms. The van der Waals surface area contributed by atoms with E-state index in [4.69, 9.17) is 6.35 Å². The molecule has 1 atom stereocenters. The van der Waals surface area contributed by atoms with Crippen molar-refractivity contribution in [3.63, 3.8) is 0 Å². The van der Waals surface area contributed by atoms with Crippen molar-refractivity contribution in [2.45, 2.75) is 18.6 Å². The smallest absolute Gasteiger partial charge is 0.156 e. The molecule has 4 aromatic heterocycles. The molecule has 0 aliphatic carbocycles. The lowest BCUT2D eigenvalue weighted by atomic mass is 9.90. The summed E-state index contributed by atoms with van der Waals surface area (Å²) in [6.45, 7) is 0.747. The van der Waals surface area contributed by atoms with Gasteiger partial charge in [-0.05, 0) is 11.6 Å². The van der Waals surface area contributed by atoms with Crippen LogP contribution in [-0.2, 0) is 12.1 Å². The Labute approximate surface area is 171 Å². The van der Waals surface area contributed by atoms with Crippen LogP contribution in [0.25, 0.3) is 33.0 Å². The van der Waals surface area contributed by atoms with Gasteiger partial charge in [0.1, 0.15) is 21.9 Å². The molecular formula is C21H16N6OS. The Hall–Kier alpha value is -3.36. The Balaban J connectivity index is 1.40. The van der Waals surface area contributed by atoms with Gasteiger partial charge in [-0.2, -0.15) is 0 Å². The number of benzene rings is 1. The highest BCUT2D eigenvalue weighted by molar-refractivity contribution is 7.13. The number of aliphatic hydroxyl groups is 1. The first-order valence-corrected chi connectivity index (χ1v) is 10.1. The van der Waals surface area contributed by atoms with Crippen LogP contribution >= 0.6 is 11.3 Å². The van der Waals surface area contributed by atoms with Gasteiger partial charge < -0.3 is 14.7 Å². The van der Waals surface area contributed by atoms with E-state index < -0.39 is 5.60 Å². The zero-order valence-electron chi connectivity index (χ0n) is 16.2. The Morgan fingerprint density at radius 1 is 1.24 bits per heavy atom. The highest BCUT2D eigenvalue weighted by Gasteiger charge is 2.40. The summed E-state index contributed by atoms with van der Waals surface area (Å²) in [4.78, 5) is 20.7. The van der Waals surface area contributed by atoms with Crippen LogP contribution in [0.5, 0.6) is 0 Å². The lowest BCUT2D eigenvalue weighted by molar-refractivity contribution is 0.0786. The Bertz CT molecular complexity index is 1410. The first-order chi connectivity index (χ1) is 14.6. The largest absolute Gasteiger partial charge is 0.377 e. The molecule has 2 N–H and O–H groups in total. The first kappa shape index (κ1) is 15.5. The lowest BCUT2D eigenvalue weighted by Gasteiger charge is -2.22. The third-order valence-corrected chi connectivity index (χ3v) is 6.31. The molecule has 0 radical (unpaired) electrons. The van der Waals surface area contributed by atoms with Crippen LogP contribution in [0.1, 0.15) is 19.2 Å². The number of H-pyrrole nitrogens is 1. The maximum atomic E-state index is 11.3. The molecule has 1 aromatic carbocycles. The molecule has 29 heavy (non-hydrogen) atoms. The van der Waals surface area contributed by atoms with Gasteiger partial charge in [0.15, 0.2) is 5.65 Å². The number of fused-ring (bicyclic) bond motifs is 2. The molecule has 0 spiro atoms.